The maximum Gasteiger partial charge on any atom is 0.330 e. The summed E-state index contributed by atoms with van der Waals surface area (Å²) in [5.41, 5.74) is 6.18. The van der Waals surface area contributed by atoms with Crippen LogP contribution in [0.1, 0.15) is 18.4 Å². The van der Waals surface area contributed by atoms with E-state index in [-0.39, 0.29) is 24.6 Å². The zero-order valence-corrected chi connectivity index (χ0v) is 18.1. The van der Waals surface area contributed by atoms with E-state index < -0.39 is 21.3 Å². The number of nitrogens with two attached hydrogens (primary N) is 1. The first-order chi connectivity index (χ1) is 14.2. The number of nitrogens with zero attached hydrogens (tertiary/aromatic N) is 2. The third-order valence-electron chi connectivity index (χ3n) is 4.46. The maximum atomic E-state index is 12.6. The van der Waals surface area contributed by atoms with Gasteiger partial charge in [0.1, 0.15) is 11.5 Å². The van der Waals surface area contributed by atoms with Gasteiger partial charge >= 0.3 is 5.69 Å². The van der Waals surface area contributed by atoms with Crippen LogP contribution in [0.5, 0.6) is 0 Å². The number of aromatic nitrogens is 2. The van der Waals surface area contributed by atoms with Gasteiger partial charge < -0.3 is 15.4 Å². The van der Waals surface area contributed by atoms with Crippen LogP contribution in [-0.4, -0.2) is 57.6 Å². The van der Waals surface area contributed by atoms with Crippen molar-refractivity contribution in [3.63, 3.8) is 0 Å². The molecule has 30 heavy (non-hydrogen) atoms. The molecule has 0 spiro atoms. The molecule has 10 nitrogen and oxygen atoms in total. The molecule has 1 heterocycles. The summed E-state index contributed by atoms with van der Waals surface area (Å²) < 4.78 is 31.4. The molecule has 0 atom stereocenters. The molecule has 0 bridgehead atoms. The number of H-pyrrole nitrogens is 1. The number of anilines is 2. The van der Waals surface area contributed by atoms with E-state index in [2.05, 4.69) is 9.71 Å². The zero-order chi connectivity index (χ0) is 22.1. The SMILES string of the molecule is COCCCN(CCCNS(C)(=O)=O)c1c(N)n(Cc2ccccc2)c(=O)[nH]c1=O. The van der Waals surface area contributed by atoms with Crippen molar-refractivity contribution in [3.05, 3.63) is 56.7 Å². The first-order valence-electron chi connectivity index (χ1n) is 9.58. The minimum atomic E-state index is -3.30. The van der Waals surface area contributed by atoms with Crippen molar-refractivity contribution in [1.82, 2.24) is 14.3 Å². The van der Waals surface area contributed by atoms with Crippen molar-refractivity contribution in [3.8, 4) is 0 Å². The monoisotopic (exact) mass is 439 g/mol. The fourth-order valence-corrected chi connectivity index (χ4v) is 3.58. The first kappa shape index (κ1) is 23.6. The summed E-state index contributed by atoms with van der Waals surface area (Å²) in [4.78, 5) is 29.1. The van der Waals surface area contributed by atoms with Gasteiger partial charge in [-0.1, -0.05) is 30.3 Å². The van der Waals surface area contributed by atoms with Crippen LogP contribution in [0.2, 0.25) is 0 Å². The van der Waals surface area contributed by atoms with Crippen LogP contribution < -0.4 is 26.6 Å². The lowest BCUT2D eigenvalue weighted by Gasteiger charge is -2.26. The zero-order valence-electron chi connectivity index (χ0n) is 17.3. The molecule has 0 aliphatic rings. The number of hydrogen-bond acceptors (Lipinski definition) is 7. The van der Waals surface area contributed by atoms with E-state index in [1.54, 1.807) is 12.0 Å². The number of ether oxygens (including phenoxy) is 1. The number of hydrogen-bond donors (Lipinski definition) is 3. The van der Waals surface area contributed by atoms with Gasteiger partial charge in [-0.05, 0) is 18.4 Å². The van der Waals surface area contributed by atoms with Gasteiger partial charge in [-0.3, -0.25) is 14.3 Å². The molecule has 1 aromatic heterocycles. The van der Waals surface area contributed by atoms with E-state index in [0.717, 1.165) is 11.8 Å². The Kier molecular flexibility index (Phi) is 8.63. The highest BCUT2D eigenvalue weighted by Gasteiger charge is 2.19. The highest BCUT2D eigenvalue weighted by Crippen LogP contribution is 2.18. The predicted molar refractivity (Wildman–Crippen MR) is 117 cm³/mol. The van der Waals surface area contributed by atoms with Crippen LogP contribution in [0.4, 0.5) is 11.5 Å². The van der Waals surface area contributed by atoms with Crippen LogP contribution in [0.15, 0.2) is 39.9 Å². The second-order valence-electron chi connectivity index (χ2n) is 6.92. The fraction of sp³-hybridized carbons (Fsp3) is 0.474. The lowest BCUT2D eigenvalue weighted by atomic mass is 10.2. The summed E-state index contributed by atoms with van der Waals surface area (Å²) in [5, 5.41) is 0. The standard InChI is InChI=1S/C19H29N5O5S/c1-29-13-7-12-23(11-6-10-21-30(2,27)28)16-17(20)24(19(26)22-18(16)25)14-15-8-4-3-5-9-15/h3-5,8-9,21H,6-7,10-14,20H2,1-2H3,(H,22,25,26). The molecule has 0 radical (unpaired) electrons. The van der Waals surface area contributed by atoms with Gasteiger partial charge in [0.25, 0.3) is 5.56 Å². The van der Waals surface area contributed by atoms with Crippen LogP contribution >= 0.6 is 0 Å². The van der Waals surface area contributed by atoms with Crippen LogP contribution in [0.25, 0.3) is 0 Å². The van der Waals surface area contributed by atoms with Gasteiger partial charge in [-0.2, -0.15) is 0 Å². The minimum absolute atomic E-state index is 0.0705. The number of methoxy groups -OCH3 is 1. The van der Waals surface area contributed by atoms with Crippen LogP contribution in [0.3, 0.4) is 0 Å². The quantitative estimate of drug-likeness (QED) is 0.394. The van der Waals surface area contributed by atoms with E-state index in [4.69, 9.17) is 10.5 Å². The average Bonchev–Trinajstić information content (AvgIpc) is 2.68. The van der Waals surface area contributed by atoms with Crippen molar-refractivity contribution in [2.24, 2.45) is 0 Å². The molecule has 166 valence electrons. The normalized spacial score (nSPS) is 11.5. The molecule has 0 amide bonds. The molecule has 11 heteroatoms. The van der Waals surface area contributed by atoms with Crippen molar-refractivity contribution in [2.75, 3.05) is 50.2 Å². The lowest BCUT2D eigenvalue weighted by molar-refractivity contribution is 0.196. The van der Waals surface area contributed by atoms with Gasteiger partial charge in [0.2, 0.25) is 10.0 Å². The Bertz CT molecular complexity index is 1030. The fourth-order valence-electron chi connectivity index (χ4n) is 3.07. The molecule has 0 unspecified atom stereocenters. The molecular weight excluding hydrogens is 410 g/mol. The molecule has 0 aliphatic heterocycles. The number of benzene rings is 1. The molecule has 0 saturated carbocycles. The number of sulfonamides is 1. The van der Waals surface area contributed by atoms with Crippen molar-refractivity contribution < 1.29 is 13.2 Å². The first-order valence-corrected chi connectivity index (χ1v) is 11.5. The molecule has 0 aliphatic carbocycles. The molecule has 0 fully saturated rings. The van der Waals surface area contributed by atoms with Crippen molar-refractivity contribution in [2.45, 2.75) is 19.4 Å². The number of nitrogens with one attached hydrogen (secondary N) is 2. The van der Waals surface area contributed by atoms with E-state index in [0.29, 0.717) is 32.5 Å². The largest absolute Gasteiger partial charge is 0.385 e. The van der Waals surface area contributed by atoms with E-state index in [9.17, 15) is 18.0 Å². The molecule has 4 N–H and O–H groups in total. The number of aromatic amines is 1. The van der Waals surface area contributed by atoms with Gasteiger partial charge in [0, 0.05) is 33.4 Å². The average molecular weight is 440 g/mol. The molecule has 2 aromatic rings. The summed E-state index contributed by atoms with van der Waals surface area (Å²) in [5.74, 6) is 0.0705. The molecule has 2 rings (SSSR count). The predicted octanol–water partition coefficient (Wildman–Crippen LogP) is -0.0507. The van der Waals surface area contributed by atoms with Crippen molar-refractivity contribution >= 4 is 21.5 Å². The van der Waals surface area contributed by atoms with Gasteiger partial charge in [-0.25, -0.2) is 17.9 Å². The van der Waals surface area contributed by atoms with Gasteiger partial charge in [0.05, 0.1) is 12.8 Å². The second kappa shape index (κ2) is 11.0. The minimum Gasteiger partial charge on any atom is -0.385 e. The smallest absolute Gasteiger partial charge is 0.330 e. The Morgan fingerprint density at radius 1 is 1.17 bits per heavy atom. The summed E-state index contributed by atoms with van der Waals surface area (Å²) in [7, 11) is -1.71. The van der Waals surface area contributed by atoms with Crippen LogP contribution in [0, 0.1) is 0 Å². The van der Waals surface area contributed by atoms with Crippen LogP contribution in [-0.2, 0) is 21.3 Å². The molecular formula is C19H29N5O5S. The Hall–Kier alpha value is -2.63. The highest BCUT2D eigenvalue weighted by molar-refractivity contribution is 7.88. The molecule has 0 saturated heterocycles. The Morgan fingerprint density at radius 3 is 2.47 bits per heavy atom. The van der Waals surface area contributed by atoms with Crippen molar-refractivity contribution in [1.29, 1.82) is 0 Å². The second-order valence-corrected chi connectivity index (χ2v) is 8.75. The topological polar surface area (TPSA) is 140 Å². The van der Waals surface area contributed by atoms with Gasteiger partial charge in [0.15, 0.2) is 0 Å². The van der Waals surface area contributed by atoms with Gasteiger partial charge in [-0.15, -0.1) is 0 Å². The molecule has 1 aromatic carbocycles. The number of rotatable bonds is 12. The third-order valence-corrected chi connectivity index (χ3v) is 5.19. The highest BCUT2D eigenvalue weighted by atomic mass is 32.2. The maximum absolute atomic E-state index is 12.6. The number of nitrogen functional groups attached to an aromatic ring is 1. The summed E-state index contributed by atoms with van der Waals surface area (Å²) in [6.45, 7) is 1.77. The Balaban J connectivity index is 2.31. The third kappa shape index (κ3) is 7.01. The summed E-state index contributed by atoms with van der Waals surface area (Å²) in [6, 6.07) is 9.31. The van der Waals surface area contributed by atoms with E-state index in [1.165, 1.54) is 4.57 Å². The summed E-state index contributed by atoms with van der Waals surface area (Å²) >= 11 is 0. The Morgan fingerprint density at radius 2 is 1.83 bits per heavy atom. The van der Waals surface area contributed by atoms with E-state index >= 15 is 0 Å². The summed E-state index contributed by atoms with van der Waals surface area (Å²) in [6.07, 6.45) is 2.18. The van der Waals surface area contributed by atoms with E-state index in [1.807, 2.05) is 30.3 Å². The lowest BCUT2D eigenvalue weighted by Crippen LogP contribution is -2.40. The Labute approximate surface area is 175 Å².